The Morgan fingerprint density at radius 3 is 2.48 bits per heavy atom. The number of pyridine rings is 2. The number of alkyl halides is 5. The molecule has 3 fully saturated rings. The topological polar surface area (TPSA) is 185 Å². The number of fused-ring (bicyclic) bond motifs is 1. The molecule has 3 aliphatic carbocycles. The minimum atomic E-state index is -4.69. The predicted octanol–water partition coefficient (Wildman–Crippen LogP) is 7.41. The number of allylic oxidation sites excluding steroid dienone is 1. The molecule has 1 aliphatic heterocycles. The van der Waals surface area contributed by atoms with Crippen molar-refractivity contribution < 1.29 is 44.6 Å². The lowest BCUT2D eigenvalue weighted by atomic mass is 10.1. The Morgan fingerprint density at radius 1 is 1.05 bits per heavy atom. The highest BCUT2D eigenvalue weighted by molar-refractivity contribution is 7.89. The summed E-state index contributed by atoms with van der Waals surface area (Å²) in [6, 6.07) is 2.21. The van der Waals surface area contributed by atoms with Crippen LogP contribution >= 0.6 is 11.3 Å². The van der Waals surface area contributed by atoms with Crippen molar-refractivity contribution in [3.63, 3.8) is 0 Å². The molecule has 0 aromatic carbocycles. The second kappa shape index (κ2) is 19.0. The molecule has 73 heavy (non-hydrogen) atoms. The van der Waals surface area contributed by atoms with E-state index < -0.39 is 57.0 Å². The molecule has 6 aromatic heterocycles. The maximum absolute atomic E-state index is 17.3. The van der Waals surface area contributed by atoms with Gasteiger partial charge in [0.2, 0.25) is 15.9 Å². The Hall–Kier alpha value is -6.64. The fourth-order valence-electron chi connectivity index (χ4n) is 8.99. The Labute approximate surface area is 419 Å². The molecule has 2 N–H and O–H groups in total. The minimum Gasteiger partial charge on any atom is -0.480 e. The first-order valence-electron chi connectivity index (χ1n) is 23.3. The summed E-state index contributed by atoms with van der Waals surface area (Å²) in [6.45, 7) is 7.55. The van der Waals surface area contributed by atoms with Gasteiger partial charge in [0, 0.05) is 61.8 Å². The largest absolute Gasteiger partial charge is 0.480 e. The summed E-state index contributed by atoms with van der Waals surface area (Å²) < 4.78 is 125. The minimum absolute atomic E-state index is 0.0237. The van der Waals surface area contributed by atoms with Crippen LogP contribution in [0.25, 0.3) is 33.2 Å². The number of sulfonamides is 1. The molecule has 6 aromatic rings. The number of anilines is 2. The Kier molecular flexibility index (Phi) is 13.0. The van der Waals surface area contributed by atoms with Gasteiger partial charge in [0.05, 0.1) is 60.1 Å². The van der Waals surface area contributed by atoms with E-state index in [1.807, 2.05) is 16.7 Å². The summed E-state index contributed by atoms with van der Waals surface area (Å²) in [5, 5.41) is 19.1. The highest BCUT2D eigenvalue weighted by Crippen LogP contribution is 2.46. The lowest BCUT2D eigenvalue weighted by Crippen LogP contribution is -2.59. The van der Waals surface area contributed by atoms with Gasteiger partial charge in [0.1, 0.15) is 28.7 Å². The van der Waals surface area contributed by atoms with Crippen LogP contribution in [0.2, 0.25) is 0 Å². The maximum Gasteiger partial charge on any atom is 0.434 e. The van der Waals surface area contributed by atoms with E-state index in [4.69, 9.17) is 4.74 Å². The number of hydrogen-bond acceptors (Lipinski definition) is 15. The summed E-state index contributed by atoms with van der Waals surface area (Å²) in [5.41, 5.74) is 6.44. The van der Waals surface area contributed by atoms with Crippen molar-refractivity contribution in [1.29, 1.82) is 0 Å². The SMILES string of the molecule is COc1ncnc(C2CC2)c1-c1nccc(N(CCN2C(C)CN(c3cc(S(=O)(=O)NC4(C)CC4)cn4c(-c5nnc(C(F)F)s5)ncc34)C[C@H]2O)CC2=C=C=C(c3nc(C(F)(F)F)cn3C(C)C)C#C2)c1F. The third-order valence-electron chi connectivity index (χ3n) is 13.2. The fraction of sp³-hybridized carbons (Fsp3) is 0.438. The average Bonchev–Trinajstić information content (AvgIpc) is 4.11. The van der Waals surface area contributed by atoms with E-state index in [9.17, 15) is 35.5 Å². The highest BCUT2D eigenvalue weighted by Gasteiger charge is 2.42. The predicted molar refractivity (Wildman–Crippen MR) is 257 cm³/mol. The quantitative estimate of drug-likeness (QED) is 0.0523. The summed E-state index contributed by atoms with van der Waals surface area (Å²) >= 11 is 0.636. The van der Waals surface area contributed by atoms with Crippen LogP contribution in [0.15, 0.2) is 65.2 Å². The normalized spacial score (nSPS) is 18.8. The molecular weight excluding hydrogens is 1000 g/mol. The smallest absolute Gasteiger partial charge is 0.434 e. The third kappa shape index (κ3) is 9.95. The molecule has 1 unspecified atom stereocenters. The average molecular weight is 1050 g/mol. The lowest BCUT2D eigenvalue weighted by Gasteiger charge is -2.45. The number of rotatable bonds is 17. The monoisotopic (exact) mass is 1050 g/mol. The van der Waals surface area contributed by atoms with Gasteiger partial charge in [0.15, 0.2) is 33.2 Å². The number of aromatic nitrogens is 9. The van der Waals surface area contributed by atoms with E-state index in [1.165, 1.54) is 53.1 Å². The molecule has 7 heterocycles. The fourth-order valence-corrected chi connectivity index (χ4v) is 11.2. The number of methoxy groups -OCH3 is 1. The molecule has 0 bridgehead atoms. The summed E-state index contributed by atoms with van der Waals surface area (Å²) in [5.74, 6) is 5.47. The first-order valence-corrected chi connectivity index (χ1v) is 25.6. The summed E-state index contributed by atoms with van der Waals surface area (Å²) in [7, 11) is -2.69. The van der Waals surface area contributed by atoms with E-state index in [0.717, 1.165) is 19.0 Å². The molecule has 382 valence electrons. The van der Waals surface area contributed by atoms with Gasteiger partial charge in [0.25, 0.3) is 6.43 Å². The highest BCUT2D eigenvalue weighted by atomic mass is 32.2. The van der Waals surface area contributed by atoms with Crippen molar-refractivity contribution in [2.75, 3.05) is 49.6 Å². The number of aliphatic hydroxyl groups excluding tert-OH is 1. The zero-order chi connectivity index (χ0) is 51.7. The van der Waals surface area contributed by atoms with Gasteiger partial charge in [-0.15, -0.1) is 10.2 Å². The van der Waals surface area contributed by atoms with Gasteiger partial charge in [-0.25, -0.2) is 46.2 Å². The first-order chi connectivity index (χ1) is 34.7. The van der Waals surface area contributed by atoms with Crippen molar-refractivity contribution in [3.05, 3.63) is 88.3 Å². The number of aliphatic hydroxyl groups is 1. The number of β-amino-alcohol motifs (C(OH)–C–C–N with tert-alkyl or cyclic N) is 1. The van der Waals surface area contributed by atoms with Crippen LogP contribution in [0.4, 0.5) is 37.7 Å². The zero-order valence-corrected chi connectivity index (χ0v) is 41.5. The first kappa shape index (κ1) is 49.9. The van der Waals surface area contributed by atoms with Crippen LogP contribution in [0.1, 0.15) is 94.0 Å². The van der Waals surface area contributed by atoms with Gasteiger partial charge in [-0.2, -0.15) is 13.2 Å². The number of halogens is 6. The van der Waals surface area contributed by atoms with E-state index in [-0.39, 0.29) is 89.1 Å². The number of hydrogen-bond donors (Lipinski definition) is 2. The molecule has 10 rings (SSSR count). The van der Waals surface area contributed by atoms with Gasteiger partial charge in [-0.3, -0.25) is 14.3 Å². The molecule has 2 atom stereocenters. The molecule has 0 amide bonds. The summed E-state index contributed by atoms with van der Waals surface area (Å²) in [4.78, 5) is 26.7. The second-order valence-corrected chi connectivity index (χ2v) is 21.6. The molecule has 4 aliphatic rings. The van der Waals surface area contributed by atoms with Crippen LogP contribution in [-0.4, -0.2) is 120 Å². The van der Waals surface area contributed by atoms with Gasteiger partial charge in [-0.05, 0) is 77.2 Å². The van der Waals surface area contributed by atoms with Crippen LogP contribution in [0.5, 0.6) is 5.88 Å². The zero-order valence-electron chi connectivity index (χ0n) is 39.9. The number of piperazine rings is 1. The number of nitrogens with zero attached hydrogens (tertiary/aromatic N) is 12. The van der Waals surface area contributed by atoms with Crippen molar-refractivity contribution in [1.82, 2.24) is 53.7 Å². The van der Waals surface area contributed by atoms with Gasteiger partial charge < -0.3 is 24.2 Å². The Bertz CT molecular complexity index is 3420. The number of ether oxygens (including phenoxy) is 1. The van der Waals surface area contributed by atoms with Crippen LogP contribution in [0.3, 0.4) is 0 Å². The van der Waals surface area contributed by atoms with E-state index in [1.54, 1.807) is 25.7 Å². The Morgan fingerprint density at radius 2 is 1.84 bits per heavy atom. The van der Waals surface area contributed by atoms with Crippen molar-refractivity contribution in [2.24, 2.45) is 0 Å². The van der Waals surface area contributed by atoms with Gasteiger partial charge >= 0.3 is 6.18 Å². The number of nitrogens with one attached hydrogen (secondary N) is 1. The molecule has 2 saturated carbocycles. The van der Waals surface area contributed by atoms with Gasteiger partial charge in [-0.1, -0.05) is 23.0 Å². The van der Waals surface area contributed by atoms with Crippen LogP contribution < -0.4 is 19.3 Å². The van der Waals surface area contributed by atoms with Crippen molar-refractivity contribution >= 4 is 43.8 Å². The summed E-state index contributed by atoms with van der Waals surface area (Å²) in [6.07, 6.45) is 0.869. The molecule has 25 heteroatoms. The Balaban J connectivity index is 0.977. The van der Waals surface area contributed by atoms with Crippen molar-refractivity contribution in [3.8, 4) is 39.8 Å². The van der Waals surface area contributed by atoms with E-state index >= 15 is 4.39 Å². The molecule has 1 saturated heterocycles. The lowest BCUT2D eigenvalue weighted by molar-refractivity contribution is -0.141. The maximum atomic E-state index is 17.3. The molecule has 17 nitrogen and oxygen atoms in total. The molecule has 0 spiro atoms. The van der Waals surface area contributed by atoms with Crippen molar-refractivity contribution in [2.45, 2.75) is 101 Å². The molecular formula is C48H47F6N13O4S2. The van der Waals surface area contributed by atoms with Crippen LogP contribution in [-0.2, 0) is 16.2 Å². The van der Waals surface area contributed by atoms with E-state index in [2.05, 4.69) is 63.1 Å². The van der Waals surface area contributed by atoms with Crippen LogP contribution in [0, 0.1) is 17.7 Å². The standard InChI is InChI=1S/C48H47F6N13O4S2/c1-26(2)66-23-35(48(52,53)54)59-42(66)30-8-6-28(7-9-30)21-63(32-12-15-55-40(38(32)49)37-39(29-10-11-29)57-25-58-44(37)71-5)16-17-65-27(3)20-64(24-36(65)68)33-18-31(73(69,70)62-47(4)13-14-47)22-67-34(33)19-56-43(67)46-61-60-45(72-46)41(50)51/h12,15,18-19,22-23,25-27,29,36,41,62,68H,10-11,13-14,16-17,20-21,24H2,1-5H3/t27?,36-/m1/s1. The third-order valence-corrected chi connectivity index (χ3v) is 15.7. The molecule has 0 radical (unpaired) electrons. The van der Waals surface area contributed by atoms with E-state index in [0.29, 0.717) is 52.2 Å². The second-order valence-electron chi connectivity index (χ2n) is 18.9. The number of imidazole rings is 2.